The van der Waals surface area contributed by atoms with Crippen LogP contribution >= 0.6 is 0 Å². The Morgan fingerprint density at radius 3 is 2.21 bits per heavy atom. The van der Waals surface area contributed by atoms with Gasteiger partial charge in [0.15, 0.2) is 0 Å². The molecule has 1 aliphatic heterocycles. The van der Waals surface area contributed by atoms with Gasteiger partial charge in [0.05, 0.1) is 17.0 Å². The SMILES string of the molecule is CC1CN(C(=O)c2cccc(NC(=O)C3CCC(NS(=O)(=O)C(C)(C)C)CC3)c2)CC(C)O1. The molecule has 184 valence electrons. The zero-order valence-electron chi connectivity index (χ0n) is 20.3. The summed E-state index contributed by atoms with van der Waals surface area (Å²) in [4.78, 5) is 27.6. The third kappa shape index (κ3) is 6.55. The van der Waals surface area contributed by atoms with Crippen LogP contribution in [0.5, 0.6) is 0 Å². The van der Waals surface area contributed by atoms with Crippen molar-refractivity contribution < 1.29 is 22.7 Å². The molecule has 2 unspecified atom stereocenters. The van der Waals surface area contributed by atoms with E-state index in [4.69, 9.17) is 4.74 Å². The molecule has 2 amide bonds. The highest BCUT2D eigenvalue weighted by atomic mass is 32.2. The van der Waals surface area contributed by atoms with Crippen molar-refractivity contribution in [2.75, 3.05) is 18.4 Å². The number of carbonyl (C=O) groups excluding carboxylic acids is 2. The second-order valence-electron chi connectivity index (χ2n) is 10.3. The Balaban J connectivity index is 1.56. The van der Waals surface area contributed by atoms with Crippen molar-refractivity contribution in [3.05, 3.63) is 29.8 Å². The number of ether oxygens (including phenoxy) is 1. The van der Waals surface area contributed by atoms with E-state index in [-0.39, 0.29) is 36.0 Å². The van der Waals surface area contributed by atoms with Crippen molar-refractivity contribution in [2.45, 2.75) is 83.3 Å². The molecule has 0 spiro atoms. The maximum atomic E-state index is 13.0. The minimum atomic E-state index is -3.41. The van der Waals surface area contributed by atoms with Crippen molar-refractivity contribution in [1.29, 1.82) is 0 Å². The number of anilines is 1. The first-order valence-corrected chi connectivity index (χ1v) is 13.2. The average Bonchev–Trinajstić information content (AvgIpc) is 2.72. The molecule has 2 fully saturated rings. The molecule has 0 aromatic heterocycles. The summed E-state index contributed by atoms with van der Waals surface area (Å²) in [6.45, 7) is 10.0. The van der Waals surface area contributed by atoms with Crippen molar-refractivity contribution in [1.82, 2.24) is 9.62 Å². The van der Waals surface area contributed by atoms with Gasteiger partial charge in [-0.1, -0.05) is 6.07 Å². The predicted octanol–water partition coefficient (Wildman–Crippen LogP) is 3.15. The van der Waals surface area contributed by atoms with Gasteiger partial charge in [-0.2, -0.15) is 0 Å². The summed E-state index contributed by atoms with van der Waals surface area (Å²) in [5.41, 5.74) is 1.13. The number of amides is 2. The fourth-order valence-electron chi connectivity index (χ4n) is 4.37. The first-order valence-electron chi connectivity index (χ1n) is 11.7. The highest BCUT2D eigenvalue weighted by molar-refractivity contribution is 7.90. The van der Waals surface area contributed by atoms with E-state index >= 15 is 0 Å². The Bertz CT molecular complexity index is 955. The first kappa shape index (κ1) is 25.6. The summed E-state index contributed by atoms with van der Waals surface area (Å²) in [5.74, 6) is -0.342. The smallest absolute Gasteiger partial charge is 0.254 e. The lowest BCUT2D eigenvalue weighted by molar-refractivity contribution is -0.120. The van der Waals surface area contributed by atoms with Gasteiger partial charge >= 0.3 is 0 Å². The van der Waals surface area contributed by atoms with E-state index in [1.807, 2.05) is 13.8 Å². The van der Waals surface area contributed by atoms with Crippen LogP contribution in [-0.2, 0) is 19.6 Å². The molecule has 0 radical (unpaired) electrons. The maximum Gasteiger partial charge on any atom is 0.254 e. The normalized spacial score (nSPS) is 26.6. The Kier molecular flexibility index (Phi) is 7.86. The molecule has 33 heavy (non-hydrogen) atoms. The highest BCUT2D eigenvalue weighted by Gasteiger charge is 2.34. The van der Waals surface area contributed by atoms with Gasteiger partial charge in [-0.3, -0.25) is 9.59 Å². The standard InChI is InChI=1S/C24H37N3O5S/c1-16-14-27(15-17(2)32-16)23(29)19-7-6-8-21(13-19)25-22(28)18-9-11-20(12-10-18)26-33(30,31)24(3,4)5/h6-8,13,16-18,20,26H,9-12,14-15H2,1-5H3,(H,25,28). The number of nitrogens with zero attached hydrogens (tertiary/aromatic N) is 1. The highest BCUT2D eigenvalue weighted by Crippen LogP contribution is 2.28. The zero-order chi connectivity index (χ0) is 24.4. The predicted molar refractivity (Wildman–Crippen MR) is 129 cm³/mol. The number of hydrogen-bond acceptors (Lipinski definition) is 5. The van der Waals surface area contributed by atoms with E-state index in [1.165, 1.54) is 0 Å². The fourth-order valence-corrected chi connectivity index (χ4v) is 5.40. The van der Waals surface area contributed by atoms with Crippen LogP contribution in [0.15, 0.2) is 24.3 Å². The molecule has 9 heteroatoms. The molecule has 1 saturated heterocycles. The van der Waals surface area contributed by atoms with Crippen molar-refractivity contribution in [2.24, 2.45) is 5.92 Å². The van der Waals surface area contributed by atoms with Crippen LogP contribution in [0.1, 0.15) is 70.7 Å². The lowest BCUT2D eigenvalue weighted by atomic mass is 9.86. The Morgan fingerprint density at radius 1 is 1.03 bits per heavy atom. The Morgan fingerprint density at radius 2 is 1.64 bits per heavy atom. The fraction of sp³-hybridized carbons (Fsp3) is 0.667. The van der Waals surface area contributed by atoms with Crippen LogP contribution in [0.25, 0.3) is 0 Å². The minimum absolute atomic E-state index is 0.0106. The number of benzene rings is 1. The van der Waals surface area contributed by atoms with Gasteiger partial charge in [0, 0.05) is 36.3 Å². The van der Waals surface area contributed by atoms with Crippen LogP contribution in [0, 0.1) is 5.92 Å². The van der Waals surface area contributed by atoms with E-state index in [0.717, 1.165) is 0 Å². The molecule has 8 nitrogen and oxygen atoms in total. The van der Waals surface area contributed by atoms with Crippen LogP contribution in [-0.4, -0.2) is 61.2 Å². The van der Waals surface area contributed by atoms with Crippen LogP contribution < -0.4 is 10.0 Å². The van der Waals surface area contributed by atoms with Crippen molar-refractivity contribution >= 4 is 27.5 Å². The number of sulfonamides is 1. The minimum Gasteiger partial charge on any atom is -0.372 e. The summed E-state index contributed by atoms with van der Waals surface area (Å²) in [7, 11) is -3.41. The summed E-state index contributed by atoms with van der Waals surface area (Å²) in [6.07, 6.45) is 2.46. The third-order valence-corrected chi connectivity index (χ3v) is 8.57. The number of hydrogen-bond donors (Lipinski definition) is 2. The van der Waals surface area contributed by atoms with Crippen LogP contribution in [0.2, 0.25) is 0 Å². The summed E-state index contributed by atoms with van der Waals surface area (Å²) < 4.78 is 32.4. The Labute approximate surface area is 197 Å². The van der Waals surface area contributed by atoms with Crippen LogP contribution in [0.4, 0.5) is 5.69 Å². The van der Waals surface area contributed by atoms with Gasteiger partial charge in [0.2, 0.25) is 15.9 Å². The first-order chi connectivity index (χ1) is 15.4. The second kappa shape index (κ2) is 10.1. The summed E-state index contributed by atoms with van der Waals surface area (Å²) >= 11 is 0. The third-order valence-electron chi connectivity index (χ3n) is 6.31. The van der Waals surface area contributed by atoms with E-state index in [1.54, 1.807) is 49.9 Å². The largest absolute Gasteiger partial charge is 0.372 e. The van der Waals surface area contributed by atoms with Crippen molar-refractivity contribution in [3.8, 4) is 0 Å². The average molecular weight is 480 g/mol. The quantitative estimate of drug-likeness (QED) is 0.675. The van der Waals surface area contributed by atoms with Crippen molar-refractivity contribution in [3.63, 3.8) is 0 Å². The monoisotopic (exact) mass is 479 g/mol. The molecule has 2 N–H and O–H groups in total. The molecule has 1 aromatic carbocycles. The second-order valence-corrected chi connectivity index (χ2v) is 12.8. The van der Waals surface area contributed by atoms with Gasteiger partial charge in [0.25, 0.3) is 5.91 Å². The molecule has 1 aliphatic carbocycles. The number of rotatable bonds is 5. The number of nitrogens with one attached hydrogen (secondary N) is 2. The lowest BCUT2D eigenvalue weighted by Gasteiger charge is -2.35. The van der Waals surface area contributed by atoms with E-state index < -0.39 is 14.8 Å². The van der Waals surface area contributed by atoms with Gasteiger partial charge in [0.1, 0.15) is 0 Å². The summed E-state index contributed by atoms with van der Waals surface area (Å²) in [5, 5.41) is 2.94. The zero-order valence-corrected chi connectivity index (χ0v) is 21.1. The topological polar surface area (TPSA) is 105 Å². The van der Waals surface area contributed by atoms with Gasteiger partial charge in [-0.05, 0) is 78.5 Å². The molecule has 1 saturated carbocycles. The molecule has 0 bridgehead atoms. The molecule has 1 heterocycles. The molecule has 3 rings (SSSR count). The van der Waals surface area contributed by atoms with E-state index in [0.29, 0.717) is 50.0 Å². The lowest BCUT2D eigenvalue weighted by Crippen LogP contribution is -2.48. The van der Waals surface area contributed by atoms with E-state index in [9.17, 15) is 18.0 Å². The van der Waals surface area contributed by atoms with E-state index in [2.05, 4.69) is 10.0 Å². The number of morpholine rings is 1. The molecular weight excluding hydrogens is 442 g/mol. The van der Waals surface area contributed by atoms with Crippen LogP contribution in [0.3, 0.4) is 0 Å². The van der Waals surface area contributed by atoms with Gasteiger partial charge in [-0.25, -0.2) is 13.1 Å². The molecular formula is C24H37N3O5S. The van der Waals surface area contributed by atoms with Gasteiger partial charge in [-0.15, -0.1) is 0 Å². The van der Waals surface area contributed by atoms with Gasteiger partial charge < -0.3 is 15.0 Å². The number of carbonyl (C=O) groups is 2. The molecule has 2 aliphatic rings. The molecule has 1 aromatic rings. The maximum absolute atomic E-state index is 13.0. The Hall–Kier alpha value is -1.97. The summed E-state index contributed by atoms with van der Waals surface area (Å²) in [6, 6.07) is 6.89. The molecule has 2 atom stereocenters.